The number of aromatic amines is 1. The Kier molecular flexibility index (Phi) is 5.68. The van der Waals surface area contributed by atoms with E-state index in [-0.39, 0.29) is 23.8 Å². The fourth-order valence-electron chi connectivity index (χ4n) is 3.66. The molecule has 2 aromatic rings. The predicted octanol–water partition coefficient (Wildman–Crippen LogP) is 1.99. The van der Waals surface area contributed by atoms with Crippen molar-refractivity contribution in [2.75, 3.05) is 19.6 Å². The second kappa shape index (κ2) is 7.97. The SMILES string of the molecule is CCN(CC)C(=O)[C@@H]1C[C@@H](N)CN1Cc1cn[nH]c1-c1cccc(F)c1. The van der Waals surface area contributed by atoms with Crippen LogP contribution < -0.4 is 5.73 Å². The number of nitrogens with one attached hydrogen (secondary N) is 1. The second-order valence-electron chi connectivity index (χ2n) is 6.73. The lowest BCUT2D eigenvalue weighted by Gasteiger charge is -2.28. The zero-order chi connectivity index (χ0) is 18.7. The fourth-order valence-corrected chi connectivity index (χ4v) is 3.66. The summed E-state index contributed by atoms with van der Waals surface area (Å²) in [4.78, 5) is 16.8. The molecule has 1 aliphatic heterocycles. The molecular weight excluding hydrogens is 333 g/mol. The van der Waals surface area contributed by atoms with Crippen LogP contribution in [0.5, 0.6) is 0 Å². The molecule has 0 saturated carbocycles. The minimum absolute atomic E-state index is 0.0240. The molecule has 0 bridgehead atoms. The van der Waals surface area contributed by atoms with Gasteiger partial charge >= 0.3 is 0 Å². The third-order valence-electron chi connectivity index (χ3n) is 5.00. The van der Waals surface area contributed by atoms with Gasteiger partial charge in [0, 0.05) is 43.3 Å². The van der Waals surface area contributed by atoms with Gasteiger partial charge < -0.3 is 10.6 Å². The number of rotatable bonds is 6. The summed E-state index contributed by atoms with van der Waals surface area (Å²) in [7, 11) is 0. The summed E-state index contributed by atoms with van der Waals surface area (Å²) < 4.78 is 13.6. The summed E-state index contributed by atoms with van der Waals surface area (Å²) in [5.74, 6) is -0.167. The van der Waals surface area contributed by atoms with Crippen LogP contribution in [0.25, 0.3) is 11.3 Å². The summed E-state index contributed by atoms with van der Waals surface area (Å²) in [6.45, 7) is 6.56. The highest BCUT2D eigenvalue weighted by Gasteiger charge is 2.37. The third kappa shape index (κ3) is 3.78. The number of likely N-dealkylation sites (N-methyl/N-ethyl adjacent to an activating group) is 1. The summed E-state index contributed by atoms with van der Waals surface area (Å²) in [6, 6.07) is 6.16. The summed E-state index contributed by atoms with van der Waals surface area (Å²) in [5.41, 5.74) is 8.60. The highest BCUT2D eigenvalue weighted by molar-refractivity contribution is 5.82. The maximum Gasteiger partial charge on any atom is 0.239 e. The van der Waals surface area contributed by atoms with Crippen molar-refractivity contribution in [2.24, 2.45) is 5.73 Å². The Labute approximate surface area is 153 Å². The van der Waals surface area contributed by atoms with Gasteiger partial charge in [-0.1, -0.05) is 12.1 Å². The molecule has 0 spiro atoms. The van der Waals surface area contributed by atoms with Crippen molar-refractivity contribution in [1.29, 1.82) is 0 Å². The molecule has 1 amide bonds. The van der Waals surface area contributed by atoms with E-state index in [1.807, 2.05) is 24.8 Å². The van der Waals surface area contributed by atoms with Crippen LogP contribution in [-0.2, 0) is 11.3 Å². The van der Waals surface area contributed by atoms with Gasteiger partial charge in [-0.05, 0) is 32.4 Å². The standard InChI is InChI=1S/C19H26FN5O/c1-3-24(4-2)19(26)17-9-16(21)12-25(17)11-14-10-22-23-18(14)13-6-5-7-15(20)8-13/h5-8,10,16-17H,3-4,9,11-12,21H2,1-2H3,(H,22,23)/t16-,17+/m1/s1. The van der Waals surface area contributed by atoms with Crippen molar-refractivity contribution in [3.8, 4) is 11.3 Å². The van der Waals surface area contributed by atoms with Crippen molar-refractivity contribution in [2.45, 2.75) is 38.9 Å². The van der Waals surface area contributed by atoms with E-state index in [2.05, 4.69) is 15.1 Å². The Morgan fingerprint density at radius 2 is 2.19 bits per heavy atom. The lowest BCUT2D eigenvalue weighted by molar-refractivity contribution is -0.135. The summed E-state index contributed by atoms with van der Waals surface area (Å²) in [6.07, 6.45) is 2.39. The first kappa shape index (κ1) is 18.5. The molecule has 0 unspecified atom stereocenters. The molecule has 6 nitrogen and oxygen atoms in total. The number of benzene rings is 1. The largest absolute Gasteiger partial charge is 0.342 e. The molecule has 1 aromatic carbocycles. The summed E-state index contributed by atoms with van der Waals surface area (Å²) >= 11 is 0. The van der Waals surface area contributed by atoms with Gasteiger partial charge in [0.2, 0.25) is 5.91 Å². The number of hydrogen-bond acceptors (Lipinski definition) is 4. The molecule has 26 heavy (non-hydrogen) atoms. The van der Waals surface area contributed by atoms with Crippen LogP contribution >= 0.6 is 0 Å². The van der Waals surface area contributed by atoms with E-state index in [1.54, 1.807) is 12.3 Å². The van der Waals surface area contributed by atoms with E-state index < -0.39 is 0 Å². The van der Waals surface area contributed by atoms with Crippen molar-refractivity contribution in [3.63, 3.8) is 0 Å². The van der Waals surface area contributed by atoms with E-state index in [0.717, 1.165) is 16.8 Å². The monoisotopic (exact) mass is 359 g/mol. The lowest BCUT2D eigenvalue weighted by Crippen LogP contribution is -2.45. The number of nitrogens with two attached hydrogens (primary N) is 1. The molecule has 140 valence electrons. The zero-order valence-electron chi connectivity index (χ0n) is 15.3. The molecule has 3 N–H and O–H groups in total. The number of amides is 1. The van der Waals surface area contributed by atoms with Crippen molar-refractivity contribution >= 4 is 5.91 Å². The van der Waals surface area contributed by atoms with Gasteiger partial charge in [-0.3, -0.25) is 14.8 Å². The Bertz CT molecular complexity index is 758. The second-order valence-corrected chi connectivity index (χ2v) is 6.73. The predicted molar refractivity (Wildman–Crippen MR) is 98.7 cm³/mol. The quantitative estimate of drug-likeness (QED) is 0.827. The van der Waals surface area contributed by atoms with E-state index in [0.29, 0.717) is 32.6 Å². The van der Waals surface area contributed by atoms with Gasteiger partial charge in [0.15, 0.2) is 0 Å². The molecule has 3 rings (SSSR count). The normalized spacial score (nSPS) is 20.5. The number of carbonyl (C=O) groups is 1. The Morgan fingerprint density at radius 3 is 2.88 bits per heavy atom. The Balaban J connectivity index is 1.82. The molecule has 2 heterocycles. The van der Waals surface area contributed by atoms with Crippen molar-refractivity contribution in [3.05, 3.63) is 41.8 Å². The van der Waals surface area contributed by atoms with Crippen LogP contribution in [-0.4, -0.2) is 57.6 Å². The number of H-pyrrole nitrogens is 1. The molecule has 7 heteroatoms. The van der Waals surface area contributed by atoms with Crippen LogP contribution in [0, 0.1) is 5.82 Å². The molecule has 2 atom stereocenters. The zero-order valence-corrected chi connectivity index (χ0v) is 15.3. The van der Waals surface area contributed by atoms with Gasteiger partial charge in [0.1, 0.15) is 5.82 Å². The van der Waals surface area contributed by atoms with Crippen LogP contribution in [0.3, 0.4) is 0 Å². The van der Waals surface area contributed by atoms with Crippen molar-refractivity contribution < 1.29 is 9.18 Å². The van der Waals surface area contributed by atoms with E-state index >= 15 is 0 Å². The number of likely N-dealkylation sites (tertiary alicyclic amines) is 1. The van der Waals surface area contributed by atoms with Crippen LogP contribution in [0.4, 0.5) is 4.39 Å². The number of carbonyl (C=O) groups excluding carboxylic acids is 1. The van der Waals surface area contributed by atoms with Crippen LogP contribution in [0.2, 0.25) is 0 Å². The maximum atomic E-state index is 13.6. The average Bonchev–Trinajstić information content (AvgIpc) is 3.22. The smallest absolute Gasteiger partial charge is 0.239 e. The summed E-state index contributed by atoms with van der Waals surface area (Å²) in [5, 5.41) is 7.08. The van der Waals surface area contributed by atoms with E-state index in [9.17, 15) is 9.18 Å². The van der Waals surface area contributed by atoms with Crippen LogP contribution in [0.15, 0.2) is 30.5 Å². The van der Waals surface area contributed by atoms with E-state index in [4.69, 9.17) is 5.73 Å². The molecular formula is C19H26FN5O. The minimum atomic E-state index is -0.291. The highest BCUT2D eigenvalue weighted by Crippen LogP contribution is 2.27. The average molecular weight is 359 g/mol. The topological polar surface area (TPSA) is 78.2 Å². The Morgan fingerprint density at radius 1 is 1.42 bits per heavy atom. The van der Waals surface area contributed by atoms with E-state index in [1.165, 1.54) is 12.1 Å². The molecule has 1 fully saturated rings. The van der Waals surface area contributed by atoms with Gasteiger partial charge in [0.05, 0.1) is 17.9 Å². The first-order valence-corrected chi connectivity index (χ1v) is 9.10. The molecule has 0 aliphatic carbocycles. The number of aromatic nitrogens is 2. The molecule has 1 aliphatic rings. The first-order valence-electron chi connectivity index (χ1n) is 9.10. The molecule has 0 radical (unpaired) electrons. The lowest BCUT2D eigenvalue weighted by atomic mass is 10.1. The van der Waals surface area contributed by atoms with Gasteiger partial charge in [-0.2, -0.15) is 5.10 Å². The molecule has 1 aromatic heterocycles. The molecule has 1 saturated heterocycles. The number of hydrogen-bond donors (Lipinski definition) is 2. The van der Waals surface area contributed by atoms with Gasteiger partial charge in [-0.25, -0.2) is 4.39 Å². The van der Waals surface area contributed by atoms with Gasteiger partial charge in [0.25, 0.3) is 0 Å². The maximum absolute atomic E-state index is 13.6. The van der Waals surface area contributed by atoms with Crippen LogP contribution in [0.1, 0.15) is 25.8 Å². The number of halogens is 1. The Hall–Kier alpha value is -2.25. The first-order chi connectivity index (χ1) is 12.5. The fraction of sp³-hybridized carbons (Fsp3) is 0.474. The highest BCUT2D eigenvalue weighted by atomic mass is 19.1. The third-order valence-corrected chi connectivity index (χ3v) is 5.00. The van der Waals surface area contributed by atoms with Gasteiger partial charge in [-0.15, -0.1) is 0 Å². The minimum Gasteiger partial charge on any atom is -0.342 e. The number of nitrogens with zero attached hydrogens (tertiary/aromatic N) is 3. The van der Waals surface area contributed by atoms with Crippen molar-refractivity contribution in [1.82, 2.24) is 20.0 Å².